The molecule has 1 saturated heterocycles. The average Bonchev–Trinajstić information content (AvgIpc) is 2.32. The fourth-order valence-electron chi connectivity index (χ4n) is 1.49. The molecule has 1 atom stereocenters. The number of amides is 1. The molecule has 1 fully saturated rings. The van der Waals surface area contributed by atoms with E-state index in [4.69, 9.17) is 0 Å². The molecule has 1 amide bonds. The van der Waals surface area contributed by atoms with E-state index in [1.807, 2.05) is 13.8 Å². The molecular weight excluding hydrogens is 154 g/mol. The van der Waals surface area contributed by atoms with Crippen LogP contribution in [0.3, 0.4) is 0 Å². The van der Waals surface area contributed by atoms with Crippen LogP contribution in [0.25, 0.3) is 0 Å². The van der Waals surface area contributed by atoms with Crippen LogP contribution in [0.5, 0.6) is 0 Å². The molecule has 0 spiro atoms. The third kappa shape index (κ3) is 1.49. The van der Waals surface area contributed by atoms with Gasteiger partial charge in [0.25, 0.3) is 0 Å². The van der Waals surface area contributed by atoms with Crippen molar-refractivity contribution >= 4 is 11.7 Å². The van der Waals surface area contributed by atoms with Crippen LogP contribution in [0.4, 0.5) is 0 Å². The first kappa shape index (κ1) is 9.23. The first-order valence-electron chi connectivity index (χ1n) is 4.32. The Morgan fingerprint density at radius 1 is 1.58 bits per heavy atom. The summed E-state index contributed by atoms with van der Waals surface area (Å²) in [6.07, 6.45) is 0.701. The number of hydrogen-bond donors (Lipinski definition) is 0. The van der Waals surface area contributed by atoms with Gasteiger partial charge in [-0.3, -0.25) is 9.59 Å². The lowest BCUT2D eigenvalue weighted by atomic mass is 9.94. The van der Waals surface area contributed by atoms with Gasteiger partial charge in [0.05, 0.1) is 5.92 Å². The first-order chi connectivity index (χ1) is 5.54. The van der Waals surface area contributed by atoms with Crippen molar-refractivity contribution in [1.82, 2.24) is 4.90 Å². The van der Waals surface area contributed by atoms with Gasteiger partial charge in [-0.25, -0.2) is 0 Å². The third-order valence-corrected chi connectivity index (χ3v) is 2.34. The van der Waals surface area contributed by atoms with E-state index in [0.29, 0.717) is 6.42 Å². The molecule has 0 radical (unpaired) electrons. The SMILES string of the molecule is CC(C)C(=O)[C@H]1CCN(C)C1=O. The second-order valence-electron chi connectivity index (χ2n) is 3.66. The Bertz CT molecular complexity index is 211. The zero-order chi connectivity index (χ0) is 9.30. The van der Waals surface area contributed by atoms with Crippen LogP contribution in [0, 0.1) is 11.8 Å². The molecule has 12 heavy (non-hydrogen) atoms. The number of ketones is 1. The molecule has 0 N–H and O–H groups in total. The molecule has 0 aromatic carbocycles. The lowest BCUT2D eigenvalue weighted by molar-refractivity contribution is -0.137. The minimum atomic E-state index is -0.352. The highest BCUT2D eigenvalue weighted by Gasteiger charge is 2.35. The van der Waals surface area contributed by atoms with Crippen LogP contribution in [0.2, 0.25) is 0 Å². The zero-order valence-electron chi connectivity index (χ0n) is 7.83. The van der Waals surface area contributed by atoms with E-state index in [2.05, 4.69) is 0 Å². The minimum Gasteiger partial charge on any atom is -0.345 e. The van der Waals surface area contributed by atoms with Gasteiger partial charge in [-0.15, -0.1) is 0 Å². The standard InChI is InChI=1S/C9H15NO2/c1-6(2)8(11)7-4-5-10(3)9(7)12/h6-7H,4-5H2,1-3H3/t7-/m1/s1. The van der Waals surface area contributed by atoms with E-state index in [9.17, 15) is 9.59 Å². The first-order valence-corrected chi connectivity index (χ1v) is 4.32. The Hall–Kier alpha value is -0.860. The molecule has 3 heteroatoms. The Balaban J connectivity index is 2.66. The highest BCUT2D eigenvalue weighted by molar-refractivity contribution is 6.03. The summed E-state index contributed by atoms with van der Waals surface area (Å²) in [7, 11) is 1.75. The predicted octanol–water partition coefficient (Wildman–Crippen LogP) is 0.690. The normalized spacial score (nSPS) is 23.8. The number of Topliss-reactive ketones (excluding diaryl/α,β-unsaturated/α-hetero) is 1. The van der Waals surface area contributed by atoms with E-state index >= 15 is 0 Å². The van der Waals surface area contributed by atoms with Crippen molar-refractivity contribution in [3.05, 3.63) is 0 Å². The van der Waals surface area contributed by atoms with Crippen LogP contribution in [-0.2, 0) is 9.59 Å². The molecule has 1 rings (SSSR count). The van der Waals surface area contributed by atoms with Crippen molar-refractivity contribution in [3.63, 3.8) is 0 Å². The van der Waals surface area contributed by atoms with Gasteiger partial charge >= 0.3 is 0 Å². The van der Waals surface area contributed by atoms with Crippen molar-refractivity contribution in [2.24, 2.45) is 11.8 Å². The molecule has 1 heterocycles. The molecule has 0 bridgehead atoms. The van der Waals surface area contributed by atoms with Crippen molar-refractivity contribution in [1.29, 1.82) is 0 Å². The maximum absolute atomic E-state index is 11.5. The maximum Gasteiger partial charge on any atom is 0.232 e. The van der Waals surface area contributed by atoms with Crippen molar-refractivity contribution in [3.8, 4) is 0 Å². The van der Waals surface area contributed by atoms with Crippen LogP contribution in [0.1, 0.15) is 20.3 Å². The summed E-state index contributed by atoms with van der Waals surface area (Å²) in [4.78, 5) is 24.4. The molecule has 0 aliphatic carbocycles. The van der Waals surface area contributed by atoms with Gasteiger partial charge in [0.15, 0.2) is 0 Å². The van der Waals surface area contributed by atoms with Gasteiger partial charge in [-0.05, 0) is 6.42 Å². The largest absolute Gasteiger partial charge is 0.345 e. The number of carbonyl (C=O) groups excluding carboxylic acids is 2. The summed E-state index contributed by atoms with van der Waals surface area (Å²) in [5.41, 5.74) is 0. The molecule has 0 aromatic heterocycles. The van der Waals surface area contributed by atoms with E-state index in [0.717, 1.165) is 6.54 Å². The number of carbonyl (C=O) groups is 2. The fraction of sp³-hybridized carbons (Fsp3) is 0.778. The molecule has 1 aliphatic heterocycles. The monoisotopic (exact) mass is 169 g/mol. The van der Waals surface area contributed by atoms with Crippen LogP contribution in [0.15, 0.2) is 0 Å². The Labute approximate surface area is 72.7 Å². The number of likely N-dealkylation sites (tertiary alicyclic amines) is 1. The summed E-state index contributed by atoms with van der Waals surface area (Å²) in [6, 6.07) is 0. The van der Waals surface area contributed by atoms with Crippen molar-refractivity contribution in [2.75, 3.05) is 13.6 Å². The quantitative estimate of drug-likeness (QED) is 0.570. The van der Waals surface area contributed by atoms with Crippen LogP contribution >= 0.6 is 0 Å². The zero-order valence-corrected chi connectivity index (χ0v) is 7.83. The Kier molecular flexibility index (Phi) is 2.50. The van der Waals surface area contributed by atoms with E-state index < -0.39 is 0 Å². The number of hydrogen-bond acceptors (Lipinski definition) is 2. The number of rotatable bonds is 2. The smallest absolute Gasteiger partial charge is 0.232 e. The topological polar surface area (TPSA) is 37.4 Å². The molecule has 68 valence electrons. The van der Waals surface area contributed by atoms with E-state index in [1.165, 1.54) is 0 Å². The van der Waals surface area contributed by atoms with Crippen LogP contribution < -0.4 is 0 Å². The highest BCUT2D eigenvalue weighted by Crippen LogP contribution is 2.20. The van der Waals surface area contributed by atoms with Crippen molar-refractivity contribution in [2.45, 2.75) is 20.3 Å². The summed E-state index contributed by atoms with van der Waals surface area (Å²) in [6.45, 7) is 4.41. The molecule has 0 unspecified atom stereocenters. The second-order valence-corrected chi connectivity index (χ2v) is 3.66. The lowest BCUT2D eigenvalue weighted by Crippen LogP contribution is -2.29. The predicted molar refractivity (Wildman–Crippen MR) is 45.6 cm³/mol. The highest BCUT2D eigenvalue weighted by atomic mass is 16.2. The van der Waals surface area contributed by atoms with Gasteiger partial charge in [0.2, 0.25) is 5.91 Å². The fourth-order valence-corrected chi connectivity index (χ4v) is 1.49. The summed E-state index contributed by atoms with van der Waals surface area (Å²) >= 11 is 0. The Morgan fingerprint density at radius 3 is 2.50 bits per heavy atom. The maximum atomic E-state index is 11.5. The van der Waals surface area contributed by atoms with Gasteiger partial charge in [-0.1, -0.05) is 13.8 Å². The molecule has 3 nitrogen and oxygen atoms in total. The van der Waals surface area contributed by atoms with E-state index in [1.54, 1.807) is 11.9 Å². The second kappa shape index (κ2) is 3.25. The minimum absolute atomic E-state index is 0.00583. The molecule has 0 saturated carbocycles. The van der Waals surface area contributed by atoms with E-state index in [-0.39, 0.29) is 23.5 Å². The lowest BCUT2D eigenvalue weighted by Gasteiger charge is -2.10. The van der Waals surface area contributed by atoms with Crippen LogP contribution in [-0.4, -0.2) is 30.2 Å². The number of nitrogens with zero attached hydrogens (tertiary/aromatic N) is 1. The molecule has 0 aromatic rings. The summed E-state index contributed by atoms with van der Waals surface area (Å²) < 4.78 is 0. The van der Waals surface area contributed by atoms with Gasteiger partial charge in [0, 0.05) is 19.5 Å². The average molecular weight is 169 g/mol. The van der Waals surface area contributed by atoms with Gasteiger partial charge < -0.3 is 4.90 Å². The molecular formula is C9H15NO2. The van der Waals surface area contributed by atoms with Gasteiger partial charge in [-0.2, -0.15) is 0 Å². The summed E-state index contributed by atoms with van der Waals surface area (Å²) in [5.74, 6) is -0.293. The summed E-state index contributed by atoms with van der Waals surface area (Å²) in [5, 5.41) is 0. The Morgan fingerprint density at radius 2 is 2.17 bits per heavy atom. The van der Waals surface area contributed by atoms with Gasteiger partial charge in [0.1, 0.15) is 5.78 Å². The third-order valence-electron chi connectivity index (χ3n) is 2.34. The van der Waals surface area contributed by atoms with Crippen molar-refractivity contribution < 1.29 is 9.59 Å². The molecule has 1 aliphatic rings.